The quantitative estimate of drug-likeness (QED) is 0.745. The number of imidazole rings is 1. The van der Waals surface area contributed by atoms with Crippen molar-refractivity contribution in [3.8, 4) is 0 Å². The second-order valence-electron chi connectivity index (χ2n) is 6.33. The van der Waals surface area contributed by atoms with Crippen LogP contribution >= 0.6 is 0 Å². The lowest BCUT2D eigenvalue weighted by Gasteiger charge is -2.15. The zero-order valence-corrected chi connectivity index (χ0v) is 14.0. The molecule has 1 N–H and O–H groups in total. The first-order valence-corrected chi connectivity index (χ1v) is 8.35. The Morgan fingerprint density at radius 2 is 1.65 bits per heavy atom. The van der Waals surface area contributed by atoms with Gasteiger partial charge in [0.2, 0.25) is 0 Å². The molecule has 0 fully saturated rings. The molecule has 0 bridgehead atoms. The molecule has 0 radical (unpaired) electrons. The molecule has 3 aromatic rings. The first kappa shape index (κ1) is 15.8. The van der Waals surface area contributed by atoms with Crippen LogP contribution in [0.4, 0.5) is 0 Å². The van der Waals surface area contributed by atoms with Crippen LogP contribution in [0.3, 0.4) is 0 Å². The van der Waals surface area contributed by atoms with Crippen molar-refractivity contribution in [1.82, 2.24) is 9.55 Å². The molecule has 3 nitrogen and oxygen atoms in total. The van der Waals surface area contributed by atoms with Crippen molar-refractivity contribution in [2.45, 2.75) is 45.8 Å². The number of aliphatic hydroxyl groups excluding tert-OH is 1. The summed E-state index contributed by atoms with van der Waals surface area (Å²) in [7, 11) is 0. The highest BCUT2D eigenvalue weighted by Gasteiger charge is 2.19. The highest BCUT2D eigenvalue weighted by Crippen LogP contribution is 2.27. The minimum Gasteiger partial charge on any atom is -0.380 e. The minimum atomic E-state index is -0.699. The first-order valence-electron chi connectivity index (χ1n) is 8.35. The lowest BCUT2D eigenvalue weighted by molar-refractivity contribution is 0.205. The average Bonchev–Trinajstić information content (AvgIpc) is 2.93. The molecule has 120 valence electrons. The van der Waals surface area contributed by atoms with Crippen molar-refractivity contribution < 1.29 is 5.11 Å². The standard InChI is InChI=1S/C20H24N2O/c1-4-13-22-18-8-6-5-7-17(18)21-20(22)19(23)16-11-9-15(10-12-16)14(2)3/h5-12,14,19,23H,4,13H2,1-3H3. The number of aryl methyl sites for hydroxylation is 1. The Kier molecular flexibility index (Phi) is 4.49. The summed E-state index contributed by atoms with van der Waals surface area (Å²) in [4.78, 5) is 4.68. The van der Waals surface area contributed by atoms with Crippen LogP contribution < -0.4 is 0 Å². The maximum Gasteiger partial charge on any atom is 0.143 e. The van der Waals surface area contributed by atoms with Crippen LogP contribution in [0.2, 0.25) is 0 Å². The number of aromatic nitrogens is 2. The molecule has 3 rings (SSSR count). The number of nitrogens with zero attached hydrogens (tertiary/aromatic N) is 2. The van der Waals surface area contributed by atoms with Crippen LogP contribution in [0.25, 0.3) is 11.0 Å². The summed E-state index contributed by atoms with van der Waals surface area (Å²) in [5.41, 5.74) is 4.20. The number of hydrogen-bond donors (Lipinski definition) is 1. The molecule has 2 aromatic carbocycles. The summed E-state index contributed by atoms with van der Waals surface area (Å²) >= 11 is 0. The van der Waals surface area contributed by atoms with Crippen molar-refractivity contribution in [1.29, 1.82) is 0 Å². The summed E-state index contributed by atoms with van der Waals surface area (Å²) in [6, 6.07) is 16.3. The lowest BCUT2D eigenvalue weighted by atomic mass is 10.00. The lowest BCUT2D eigenvalue weighted by Crippen LogP contribution is -2.10. The Hall–Kier alpha value is -2.13. The molecule has 23 heavy (non-hydrogen) atoms. The molecular formula is C20H24N2O. The summed E-state index contributed by atoms with van der Waals surface area (Å²) in [6.45, 7) is 7.34. The Labute approximate surface area is 137 Å². The van der Waals surface area contributed by atoms with Gasteiger partial charge < -0.3 is 9.67 Å². The fourth-order valence-corrected chi connectivity index (χ4v) is 2.97. The number of rotatable bonds is 5. The van der Waals surface area contributed by atoms with E-state index in [4.69, 9.17) is 0 Å². The largest absolute Gasteiger partial charge is 0.380 e. The van der Waals surface area contributed by atoms with Gasteiger partial charge in [-0.2, -0.15) is 0 Å². The summed E-state index contributed by atoms with van der Waals surface area (Å²) in [5.74, 6) is 1.22. The number of benzene rings is 2. The van der Waals surface area contributed by atoms with E-state index in [9.17, 15) is 5.11 Å². The smallest absolute Gasteiger partial charge is 0.143 e. The van der Waals surface area contributed by atoms with E-state index in [2.05, 4.69) is 48.5 Å². The van der Waals surface area contributed by atoms with Gasteiger partial charge in [0.25, 0.3) is 0 Å². The van der Waals surface area contributed by atoms with E-state index in [1.54, 1.807) is 0 Å². The third-order valence-electron chi connectivity index (χ3n) is 4.29. The van der Waals surface area contributed by atoms with E-state index < -0.39 is 6.10 Å². The maximum absolute atomic E-state index is 10.8. The highest BCUT2D eigenvalue weighted by atomic mass is 16.3. The monoisotopic (exact) mass is 308 g/mol. The van der Waals surface area contributed by atoms with Crippen LogP contribution in [0.1, 0.15) is 56.2 Å². The van der Waals surface area contributed by atoms with Crippen LogP contribution in [0, 0.1) is 0 Å². The number of aliphatic hydroxyl groups is 1. The van der Waals surface area contributed by atoms with Crippen molar-refractivity contribution in [3.63, 3.8) is 0 Å². The SMILES string of the molecule is CCCn1c(C(O)c2ccc(C(C)C)cc2)nc2ccccc21. The second kappa shape index (κ2) is 6.55. The summed E-state index contributed by atoms with van der Waals surface area (Å²) < 4.78 is 2.14. The van der Waals surface area contributed by atoms with Crippen molar-refractivity contribution >= 4 is 11.0 Å². The van der Waals surface area contributed by atoms with Gasteiger partial charge in [-0.1, -0.05) is 57.2 Å². The van der Waals surface area contributed by atoms with Gasteiger partial charge in [0.05, 0.1) is 11.0 Å². The van der Waals surface area contributed by atoms with Crippen LogP contribution in [0.5, 0.6) is 0 Å². The second-order valence-corrected chi connectivity index (χ2v) is 6.33. The fourth-order valence-electron chi connectivity index (χ4n) is 2.97. The number of hydrogen-bond acceptors (Lipinski definition) is 2. The molecule has 0 saturated carbocycles. The number of para-hydroxylation sites is 2. The maximum atomic E-state index is 10.8. The molecular weight excluding hydrogens is 284 g/mol. The predicted molar refractivity (Wildman–Crippen MR) is 94.6 cm³/mol. The van der Waals surface area contributed by atoms with Crippen LogP contribution in [-0.2, 0) is 6.54 Å². The Morgan fingerprint density at radius 1 is 1.00 bits per heavy atom. The topological polar surface area (TPSA) is 38.0 Å². The normalized spacial score (nSPS) is 12.9. The van der Waals surface area contributed by atoms with Crippen LogP contribution in [-0.4, -0.2) is 14.7 Å². The molecule has 3 heteroatoms. The molecule has 0 aliphatic carbocycles. The Bertz CT molecular complexity index is 787. The van der Waals surface area contributed by atoms with Crippen molar-refractivity contribution in [2.24, 2.45) is 0 Å². The molecule has 1 atom stereocenters. The van der Waals surface area contributed by atoms with Gasteiger partial charge in [0.15, 0.2) is 0 Å². The van der Waals surface area contributed by atoms with Gasteiger partial charge in [-0.25, -0.2) is 4.98 Å². The van der Waals surface area contributed by atoms with E-state index in [0.717, 1.165) is 35.4 Å². The molecule has 0 saturated heterocycles. The van der Waals surface area contributed by atoms with Gasteiger partial charge >= 0.3 is 0 Å². The zero-order valence-electron chi connectivity index (χ0n) is 14.0. The van der Waals surface area contributed by atoms with Crippen molar-refractivity contribution in [2.75, 3.05) is 0 Å². The summed E-state index contributed by atoms with van der Waals surface area (Å²) in [5, 5.41) is 10.8. The molecule has 1 unspecified atom stereocenters. The zero-order chi connectivity index (χ0) is 16.4. The van der Waals surface area contributed by atoms with E-state index in [1.807, 2.05) is 30.3 Å². The Balaban J connectivity index is 2.02. The predicted octanol–water partition coefficient (Wildman–Crippen LogP) is 4.65. The van der Waals surface area contributed by atoms with Gasteiger partial charge in [-0.3, -0.25) is 0 Å². The van der Waals surface area contributed by atoms with E-state index >= 15 is 0 Å². The Morgan fingerprint density at radius 3 is 2.30 bits per heavy atom. The molecule has 1 aromatic heterocycles. The van der Waals surface area contributed by atoms with E-state index in [0.29, 0.717) is 5.92 Å². The highest BCUT2D eigenvalue weighted by molar-refractivity contribution is 5.76. The average molecular weight is 308 g/mol. The third-order valence-corrected chi connectivity index (χ3v) is 4.29. The molecule has 0 spiro atoms. The van der Waals surface area contributed by atoms with Gasteiger partial charge in [-0.05, 0) is 35.6 Å². The van der Waals surface area contributed by atoms with Crippen LogP contribution in [0.15, 0.2) is 48.5 Å². The minimum absolute atomic E-state index is 0.492. The summed E-state index contributed by atoms with van der Waals surface area (Å²) in [6.07, 6.45) is 0.307. The number of fused-ring (bicyclic) bond motifs is 1. The molecule has 0 aliphatic rings. The third kappa shape index (κ3) is 3.02. The molecule has 0 aliphatic heterocycles. The van der Waals surface area contributed by atoms with E-state index in [1.165, 1.54) is 5.56 Å². The van der Waals surface area contributed by atoms with Gasteiger partial charge in [0, 0.05) is 6.54 Å². The van der Waals surface area contributed by atoms with Gasteiger partial charge in [-0.15, -0.1) is 0 Å². The van der Waals surface area contributed by atoms with Crippen molar-refractivity contribution in [3.05, 3.63) is 65.5 Å². The fraction of sp³-hybridized carbons (Fsp3) is 0.350. The molecule has 1 heterocycles. The first-order chi connectivity index (χ1) is 11.1. The van der Waals surface area contributed by atoms with Gasteiger partial charge in [0.1, 0.15) is 11.9 Å². The molecule has 0 amide bonds. The van der Waals surface area contributed by atoms with E-state index in [-0.39, 0.29) is 0 Å².